The first-order valence-corrected chi connectivity index (χ1v) is 6.22. The van der Waals surface area contributed by atoms with Gasteiger partial charge in [0, 0.05) is 17.8 Å². The average Bonchev–Trinajstić information content (AvgIpc) is 2.82. The molecule has 2 aromatic rings. The summed E-state index contributed by atoms with van der Waals surface area (Å²) in [5.41, 5.74) is 4.21. The number of amides is 1. The van der Waals surface area contributed by atoms with Crippen molar-refractivity contribution in [3.05, 3.63) is 65.2 Å². The van der Waals surface area contributed by atoms with Crippen LogP contribution >= 0.6 is 0 Å². The van der Waals surface area contributed by atoms with Crippen LogP contribution < -0.4 is 4.90 Å². The lowest BCUT2D eigenvalue weighted by Crippen LogP contribution is -2.28. The highest BCUT2D eigenvalue weighted by molar-refractivity contribution is 6.07. The van der Waals surface area contributed by atoms with Gasteiger partial charge in [-0.05, 0) is 37.1 Å². The number of hydrogen-bond donors (Lipinski definition) is 0. The van der Waals surface area contributed by atoms with Gasteiger partial charge >= 0.3 is 0 Å². The van der Waals surface area contributed by atoms with E-state index in [1.807, 2.05) is 54.3 Å². The summed E-state index contributed by atoms with van der Waals surface area (Å²) in [5, 5.41) is 0. The zero-order valence-corrected chi connectivity index (χ0v) is 10.4. The molecule has 0 saturated carbocycles. The van der Waals surface area contributed by atoms with E-state index in [9.17, 15) is 4.79 Å². The summed E-state index contributed by atoms with van der Waals surface area (Å²) in [5.74, 6) is 0.101. The summed E-state index contributed by atoms with van der Waals surface area (Å²) < 4.78 is 0. The van der Waals surface area contributed by atoms with Crippen LogP contribution in [0.4, 0.5) is 5.69 Å². The van der Waals surface area contributed by atoms with Crippen molar-refractivity contribution in [3.8, 4) is 0 Å². The van der Waals surface area contributed by atoms with Gasteiger partial charge in [0.1, 0.15) is 0 Å². The van der Waals surface area contributed by atoms with Gasteiger partial charge < -0.3 is 4.90 Å². The van der Waals surface area contributed by atoms with Gasteiger partial charge in [-0.2, -0.15) is 0 Å². The van der Waals surface area contributed by atoms with E-state index in [1.165, 1.54) is 5.56 Å². The van der Waals surface area contributed by atoms with E-state index in [4.69, 9.17) is 0 Å². The molecular weight excluding hydrogens is 222 g/mol. The number of hydrogen-bond acceptors (Lipinski definition) is 1. The van der Waals surface area contributed by atoms with Crippen LogP contribution in [0.25, 0.3) is 0 Å². The smallest absolute Gasteiger partial charge is 0.258 e. The minimum atomic E-state index is 0.101. The molecule has 0 spiro atoms. The zero-order chi connectivity index (χ0) is 12.5. The third kappa shape index (κ3) is 1.80. The Labute approximate surface area is 107 Å². The predicted molar refractivity (Wildman–Crippen MR) is 73.0 cm³/mol. The first kappa shape index (κ1) is 11.0. The van der Waals surface area contributed by atoms with Gasteiger partial charge in [-0.1, -0.05) is 35.9 Å². The summed E-state index contributed by atoms with van der Waals surface area (Å²) in [6.45, 7) is 2.79. The first-order chi connectivity index (χ1) is 8.75. The number of carbonyl (C=O) groups excluding carboxylic acids is 1. The molecule has 2 aromatic carbocycles. The molecular formula is C16H15NO. The van der Waals surface area contributed by atoms with Crippen molar-refractivity contribution in [3.63, 3.8) is 0 Å². The zero-order valence-electron chi connectivity index (χ0n) is 10.4. The van der Waals surface area contributed by atoms with E-state index in [-0.39, 0.29) is 5.91 Å². The summed E-state index contributed by atoms with van der Waals surface area (Å²) in [4.78, 5) is 14.4. The van der Waals surface area contributed by atoms with Gasteiger partial charge in [0.25, 0.3) is 5.91 Å². The van der Waals surface area contributed by atoms with Crippen LogP contribution in [0.1, 0.15) is 21.5 Å². The van der Waals surface area contributed by atoms with Gasteiger partial charge in [-0.15, -0.1) is 0 Å². The Morgan fingerprint density at radius 2 is 1.94 bits per heavy atom. The van der Waals surface area contributed by atoms with Crippen molar-refractivity contribution >= 4 is 11.6 Å². The van der Waals surface area contributed by atoms with E-state index in [2.05, 4.69) is 6.07 Å². The molecule has 18 heavy (non-hydrogen) atoms. The molecule has 3 rings (SSSR count). The maximum atomic E-state index is 12.5. The molecule has 90 valence electrons. The standard InChI is InChI=1S/C16H15NO/c1-12-5-4-7-14(11-12)16(18)17-10-9-13-6-2-3-8-15(13)17/h2-8,11H,9-10H2,1H3. The summed E-state index contributed by atoms with van der Waals surface area (Å²) in [6, 6.07) is 15.9. The number of benzene rings is 2. The van der Waals surface area contributed by atoms with Crippen molar-refractivity contribution in [1.29, 1.82) is 0 Å². The minimum Gasteiger partial charge on any atom is -0.308 e. The normalized spacial score (nSPS) is 13.5. The molecule has 2 nitrogen and oxygen atoms in total. The number of fused-ring (bicyclic) bond motifs is 1. The molecule has 0 saturated heterocycles. The Morgan fingerprint density at radius 3 is 2.78 bits per heavy atom. The Bertz CT molecular complexity index is 604. The van der Waals surface area contributed by atoms with Crippen LogP contribution in [0, 0.1) is 6.92 Å². The third-order valence-corrected chi connectivity index (χ3v) is 3.40. The van der Waals surface area contributed by atoms with Crippen molar-refractivity contribution in [2.75, 3.05) is 11.4 Å². The number of carbonyl (C=O) groups is 1. The van der Waals surface area contributed by atoms with Crippen molar-refractivity contribution in [2.24, 2.45) is 0 Å². The molecule has 0 atom stereocenters. The number of aryl methyl sites for hydroxylation is 1. The molecule has 1 aliphatic rings. The Kier molecular flexibility index (Phi) is 2.63. The first-order valence-electron chi connectivity index (χ1n) is 6.22. The molecule has 2 heteroatoms. The third-order valence-electron chi connectivity index (χ3n) is 3.40. The Morgan fingerprint density at radius 1 is 1.11 bits per heavy atom. The van der Waals surface area contributed by atoms with Crippen LogP contribution in [0.2, 0.25) is 0 Å². The second-order valence-corrected chi connectivity index (χ2v) is 4.70. The molecule has 1 amide bonds. The highest BCUT2D eigenvalue weighted by Crippen LogP contribution is 2.28. The van der Waals surface area contributed by atoms with Crippen molar-refractivity contribution < 1.29 is 4.79 Å². The fraction of sp³-hybridized carbons (Fsp3) is 0.188. The monoisotopic (exact) mass is 237 g/mol. The van der Waals surface area contributed by atoms with Crippen LogP contribution in [0.3, 0.4) is 0 Å². The van der Waals surface area contributed by atoms with E-state index in [0.29, 0.717) is 0 Å². The molecule has 0 radical (unpaired) electrons. The van der Waals surface area contributed by atoms with Crippen LogP contribution in [0.15, 0.2) is 48.5 Å². The second-order valence-electron chi connectivity index (χ2n) is 4.70. The molecule has 0 aromatic heterocycles. The van der Waals surface area contributed by atoms with Gasteiger partial charge in [0.15, 0.2) is 0 Å². The number of nitrogens with zero attached hydrogens (tertiary/aromatic N) is 1. The molecule has 0 aliphatic carbocycles. The van der Waals surface area contributed by atoms with Gasteiger partial charge in [-0.25, -0.2) is 0 Å². The SMILES string of the molecule is Cc1cccc(C(=O)N2CCc3ccccc32)c1. The lowest BCUT2D eigenvalue weighted by atomic mass is 10.1. The largest absolute Gasteiger partial charge is 0.308 e. The summed E-state index contributed by atoms with van der Waals surface area (Å²) in [7, 11) is 0. The van der Waals surface area contributed by atoms with Crippen LogP contribution in [-0.4, -0.2) is 12.5 Å². The number of rotatable bonds is 1. The summed E-state index contributed by atoms with van der Waals surface area (Å²) >= 11 is 0. The topological polar surface area (TPSA) is 20.3 Å². The molecule has 1 aliphatic heterocycles. The molecule has 0 fully saturated rings. The number of para-hydroxylation sites is 1. The van der Waals surface area contributed by atoms with Crippen LogP contribution in [0.5, 0.6) is 0 Å². The highest BCUT2D eigenvalue weighted by atomic mass is 16.2. The fourth-order valence-electron chi connectivity index (χ4n) is 2.48. The van der Waals surface area contributed by atoms with E-state index < -0.39 is 0 Å². The lowest BCUT2D eigenvalue weighted by molar-refractivity contribution is 0.0989. The average molecular weight is 237 g/mol. The van der Waals surface area contributed by atoms with Crippen LogP contribution in [-0.2, 0) is 6.42 Å². The Balaban J connectivity index is 1.96. The van der Waals surface area contributed by atoms with E-state index >= 15 is 0 Å². The second kappa shape index (κ2) is 4.30. The van der Waals surface area contributed by atoms with Gasteiger partial charge in [0.05, 0.1) is 0 Å². The molecule has 0 N–H and O–H groups in total. The number of anilines is 1. The van der Waals surface area contributed by atoms with Gasteiger partial charge in [-0.3, -0.25) is 4.79 Å². The lowest BCUT2D eigenvalue weighted by Gasteiger charge is -2.17. The summed E-state index contributed by atoms with van der Waals surface area (Å²) in [6.07, 6.45) is 0.952. The molecule has 0 bridgehead atoms. The molecule has 0 unspecified atom stereocenters. The maximum absolute atomic E-state index is 12.5. The maximum Gasteiger partial charge on any atom is 0.258 e. The van der Waals surface area contributed by atoms with Gasteiger partial charge in [0.2, 0.25) is 0 Å². The predicted octanol–water partition coefficient (Wildman–Crippen LogP) is 3.20. The van der Waals surface area contributed by atoms with E-state index in [0.717, 1.165) is 29.8 Å². The Hall–Kier alpha value is -2.09. The fourth-order valence-corrected chi connectivity index (χ4v) is 2.48. The quantitative estimate of drug-likeness (QED) is 0.746. The molecule has 1 heterocycles. The van der Waals surface area contributed by atoms with Crippen molar-refractivity contribution in [2.45, 2.75) is 13.3 Å². The van der Waals surface area contributed by atoms with E-state index in [1.54, 1.807) is 0 Å². The van der Waals surface area contributed by atoms with Crippen molar-refractivity contribution in [1.82, 2.24) is 0 Å². The minimum absolute atomic E-state index is 0.101. The highest BCUT2D eigenvalue weighted by Gasteiger charge is 2.24.